The summed E-state index contributed by atoms with van der Waals surface area (Å²) in [7, 11) is 0. The lowest BCUT2D eigenvalue weighted by atomic mass is 10.1. The summed E-state index contributed by atoms with van der Waals surface area (Å²) in [5.41, 5.74) is 0. The van der Waals surface area contributed by atoms with Crippen molar-refractivity contribution in [3.05, 3.63) is 17.8 Å². The number of aromatic nitrogens is 2. The minimum absolute atomic E-state index is 0.156. The van der Waals surface area contributed by atoms with Crippen LogP contribution in [0.4, 0.5) is 10.2 Å². The van der Waals surface area contributed by atoms with Crippen LogP contribution in [0.1, 0.15) is 13.8 Å². The molecule has 1 aliphatic heterocycles. The van der Waals surface area contributed by atoms with E-state index in [2.05, 4.69) is 9.97 Å². The first-order valence-electron chi connectivity index (χ1n) is 6.37. The Morgan fingerprint density at radius 3 is 2.95 bits per heavy atom. The fraction of sp³-hybridized carbons (Fsp3) is 0.538. The van der Waals surface area contributed by atoms with Gasteiger partial charge >= 0.3 is 0 Å². The summed E-state index contributed by atoms with van der Waals surface area (Å²) in [4.78, 5) is 11.6. The molecule has 2 atom stereocenters. The van der Waals surface area contributed by atoms with Crippen molar-refractivity contribution in [2.24, 2.45) is 0 Å². The van der Waals surface area contributed by atoms with Gasteiger partial charge in [0.05, 0.1) is 24.6 Å². The van der Waals surface area contributed by atoms with Gasteiger partial charge in [0.2, 0.25) is 0 Å². The average Bonchev–Trinajstić information content (AvgIpc) is 2.99. The lowest BCUT2D eigenvalue weighted by Gasteiger charge is -2.34. The monoisotopic (exact) mass is 281 g/mol. The minimum atomic E-state index is -0.967. The Balaban J connectivity index is 2.07. The quantitative estimate of drug-likeness (QED) is 0.867. The zero-order valence-electron chi connectivity index (χ0n) is 10.9. The van der Waals surface area contributed by atoms with Crippen molar-refractivity contribution < 1.29 is 9.13 Å². The number of ether oxygens (including phenoxy) is 1. The van der Waals surface area contributed by atoms with Crippen molar-refractivity contribution in [1.29, 1.82) is 0 Å². The van der Waals surface area contributed by atoms with E-state index < -0.39 is 6.17 Å². The second-order valence-corrected chi connectivity index (χ2v) is 5.85. The molecule has 0 aliphatic carbocycles. The Bertz CT molecular complexity index is 574. The van der Waals surface area contributed by atoms with Gasteiger partial charge in [-0.25, -0.2) is 14.4 Å². The van der Waals surface area contributed by atoms with Gasteiger partial charge in [-0.05, 0) is 25.3 Å². The highest BCUT2D eigenvalue weighted by molar-refractivity contribution is 7.16. The summed E-state index contributed by atoms with van der Waals surface area (Å²) < 4.78 is 19.3. The molecule has 0 spiro atoms. The topological polar surface area (TPSA) is 38.2 Å². The van der Waals surface area contributed by atoms with Gasteiger partial charge < -0.3 is 9.64 Å². The van der Waals surface area contributed by atoms with Gasteiger partial charge in [0.25, 0.3) is 0 Å². The van der Waals surface area contributed by atoms with Crippen LogP contribution >= 0.6 is 11.3 Å². The number of hydrogen-bond donors (Lipinski definition) is 0. The number of rotatable bonds is 3. The average molecular weight is 281 g/mol. The van der Waals surface area contributed by atoms with Crippen LogP contribution in [0, 0.1) is 0 Å². The molecule has 0 amide bonds. The van der Waals surface area contributed by atoms with E-state index in [1.54, 1.807) is 17.7 Å². The molecule has 6 heteroatoms. The molecule has 4 nitrogen and oxygen atoms in total. The molecule has 0 N–H and O–H groups in total. The van der Waals surface area contributed by atoms with E-state index in [4.69, 9.17) is 4.74 Å². The van der Waals surface area contributed by atoms with E-state index in [1.807, 2.05) is 30.2 Å². The maximum absolute atomic E-state index is 14.0. The van der Waals surface area contributed by atoms with Crippen LogP contribution in [0.25, 0.3) is 10.2 Å². The second-order valence-electron chi connectivity index (χ2n) is 4.96. The maximum atomic E-state index is 14.0. The van der Waals surface area contributed by atoms with Crippen molar-refractivity contribution in [3.63, 3.8) is 0 Å². The standard InChI is InChI=1S/C13H16FN3OS/c1-8(2)17(11-6-18-5-10(11)14)12-9-3-4-19-13(9)16-7-15-12/h3-4,7-8,10-11H,5-6H2,1-2H3/t10-,11-/m1/s1. The third-order valence-corrected chi connectivity index (χ3v) is 4.20. The number of nitrogens with zero attached hydrogens (tertiary/aromatic N) is 3. The van der Waals surface area contributed by atoms with Gasteiger partial charge in [-0.3, -0.25) is 0 Å². The largest absolute Gasteiger partial charge is 0.376 e. The van der Waals surface area contributed by atoms with Crippen molar-refractivity contribution in [2.45, 2.75) is 32.1 Å². The number of thiophene rings is 1. The van der Waals surface area contributed by atoms with Gasteiger partial charge in [-0.15, -0.1) is 11.3 Å². The van der Waals surface area contributed by atoms with Crippen LogP contribution in [0.2, 0.25) is 0 Å². The summed E-state index contributed by atoms with van der Waals surface area (Å²) in [5, 5.41) is 2.97. The Morgan fingerprint density at radius 2 is 2.26 bits per heavy atom. The number of halogens is 1. The number of fused-ring (bicyclic) bond motifs is 1. The molecule has 19 heavy (non-hydrogen) atoms. The Labute approximate surface area is 115 Å². The molecule has 3 rings (SSSR count). The molecule has 0 radical (unpaired) electrons. The van der Waals surface area contributed by atoms with Gasteiger partial charge in [0.1, 0.15) is 23.1 Å². The molecule has 0 saturated carbocycles. The molecule has 0 bridgehead atoms. The number of hydrogen-bond acceptors (Lipinski definition) is 5. The van der Waals surface area contributed by atoms with Gasteiger partial charge in [-0.1, -0.05) is 0 Å². The fourth-order valence-corrected chi connectivity index (χ4v) is 3.27. The summed E-state index contributed by atoms with van der Waals surface area (Å²) >= 11 is 1.57. The van der Waals surface area contributed by atoms with Crippen LogP contribution in [0.5, 0.6) is 0 Å². The van der Waals surface area contributed by atoms with Crippen LogP contribution in [0.15, 0.2) is 17.8 Å². The SMILES string of the molecule is CC(C)N(c1ncnc2sccc12)[C@@H]1COC[C@H]1F. The third kappa shape index (κ3) is 2.19. The van der Waals surface area contributed by atoms with Crippen molar-refractivity contribution in [2.75, 3.05) is 18.1 Å². The van der Waals surface area contributed by atoms with Crippen molar-refractivity contribution >= 4 is 27.4 Å². The number of alkyl halides is 1. The molecule has 3 heterocycles. The first-order chi connectivity index (χ1) is 9.18. The van der Waals surface area contributed by atoms with Crippen LogP contribution in [-0.4, -0.2) is 41.4 Å². The molecule has 2 aromatic rings. The molecular formula is C13H16FN3OS. The molecule has 1 fully saturated rings. The molecule has 2 aromatic heterocycles. The van der Waals surface area contributed by atoms with Gasteiger partial charge in [0, 0.05) is 6.04 Å². The van der Waals surface area contributed by atoms with Gasteiger partial charge in [-0.2, -0.15) is 0 Å². The summed E-state index contributed by atoms with van der Waals surface area (Å²) in [5.74, 6) is 0.805. The predicted molar refractivity (Wildman–Crippen MR) is 74.5 cm³/mol. The lowest BCUT2D eigenvalue weighted by molar-refractivity contribution is 0.173. The molecule has 1 saturated heterocycles. The molecule has 0 unspecified atom stereocenters. The molecule has 0 aromatic carbocycles. The van der Waals surface area contributed by atoms with E-state index in [-0.39, 0.29) is 18.7 Å². The van der Waals surface area contributed by atoms with Crippen molar-refractivity contribution in [3.8, 4) is 0 Å². The molecule has 1 aliphatic rings. The first kappa shape index (κ1) is 12.7. The summed E-state index contributed by atoms with van der Waals surface area (Å²) in [6.07, 6.45) is 0.582. The minimum Gasteiger partial charge on any atom is -0.376 e. The lowest BCUT2D eigenvalue weighted by Crippen LogP contribution is -2.46. The van der Waals surface area contributed by atoms with Gasteiger partial charge in [0.15, 0.2) is 0 Å². The third-order valence-electron chi connectivity index (χ3n) is 3.38. The highest BCUT2D eigenvalue weighted by Crippen LogP contribution is 2.31. The Kier molecular flexibility index (Phi) is 3.36. The van der Waals surface area contributed by atoms with Crippen LogP contribution < -0.4 is 4.90 Å². The number of anilines is 1. The predicted octanol–water partition coefficient (Wildman–Crippen LogP) is 2.64. The van der Waals surface area contributed by atoms with Crippen molar-refractivity contribution in [1.82, 2.24) is 9.97 Å². The smallest absolute Gasteiger partial charge is 0.146 e. The Morgan fingerprint density at radius 1 is 1.42 bits per heavy atom. The van der Waals surface area contributed by atoms with E-state index >= 15 is 0 Å². The highest BCUT2D eigenvalue weighted by atomic mass is 32.1. The fourth-order valence-electron chi connectivity index (χ4n) is 2.54. The van der Waals surface area contributed by atoms with E-state index in [1.165, 1.54) is 0 Å². The van der Waals surface area contributed by atoms with Crippen LogP contribution in [-0.2, 0) is 4.74 Å². The zero-order valence-corrected chi connectivity index (χ0v) is 11.7. The van der Waals surface area contributed by atoms with E-state index in [9.17, 15) is 4.39 Å². The zero-order chi connectivity index (χ0) is 13.4. The highest BCUT2D eigenvalue weighted by Gasteiger charge is 2.36. The Hall–Kier alpha value is -1.27. The van der Waals surface area contributed by atoms with E-state index in [0.29, 0.717) is 6.61 Å². The van der Waals surface area contributed by atoms with E-state index in [0.717, 1.165) is 16.0 Å². The summed E-state index contributed by atoms with van der Waals surface area (Å²) in [6, 6.07) is 1.88. The molecular weight excluding hydrogens is 265 g/mol. The first-order valence-corrected chi connectivity index (χ1v) is 7.25. The normalized spacial score (nSPS) is 23.4. The van der Waals surface area contributed by atoms with Crippen LogP contribution in [0.3, 0.4) is 0 Å². The summed E-state index contributed by atoms with van der Waals surface area (Å²) in [6.45, 7) is 4.68. The second kappa shape index (κ2) is 5.02. The maximum Gasteiger partial charge on any atom is 0.146 e. The molecule has 102 valence electrons.